The molecule has 4 nitrogen and oxygen atoms in total. The fourth-order valence-electron chi connectivity index (χ4n) is 7.15. The zero-order valence-electron chi connectivity index (χ0n) is 15.0. The average Bonchev–Trinajstić information content (AvgIpc) is 2.95. The summed E-state index contributed by atoms with van der Waals surface area (Å²) in [7, 11) is 0. The monoisotopic (exact) mass is 411 g/mol. The van der Waals surface area contributed by atoms with Crippen LogP contribution in [-0.4, -0.2) is 35.3 Å². The van der Waals surface area contributed by atoms with E-state index in [1.165, 1.54) is 38.5 Å². The molecule has 5 aliphatic carbocycles. The summed E-state index contributed by atoms with van der Waals surface area (Å²) in [6, 6.07) is 0.303. The number of carbonyl (C=O) groups excluding carboxylic acids is 1. The van der Waals surface area contributed by atoms with Crippen LogP contribution in [0.3, 0.4) is 0 Å². The van der Waals surface area contributed by atoms with Gasteiger partial charge in [0.25, 0.3) is 0 Å². The molecule has 1 amide bonds. The third-order valence-corrected chi connectivity index (χ3v) is 8.50. The maximum atomic E-state index is 12.8. The molecule has 0 aromatic rings. The molecule has 6 rings (SSSR count). The van der Waals surface area contributed by atoms with E-state index in [0.717, 1.165) is 57.2 Å². The Bertz CT molecular complexity index is 535. The zero-order chi connectivity index (χ0) is 17.1. The van der Waals surface area contributed by atoms with Gasteiger partial charge in [0.2, 0.25) is 5.91 Å². The molecule has 6 aliphatic rings. The molecule has 0 radical (unpaired) electrons. The molecule has 4 bridgehead atoms. The highest BCUT2D eigenvalue weighted by Gasteiger charge is 2.57. The van der Waals surface area contributed by atoms with Gasteiger partial charge in [0.1, 0.15) is 0 Å². The van der Waals surface area contributed by atoms with E-state index in [-0.39, 0.29) is 17.1 Å². The molecule has 25 heavy (non-hydrogen) atoms. The minimum absolute atomic E-state index is 0.269. The Morgan fingerprint density at radius 2 is 1.68 bits per heavy atom. The summed E-state index contributed by atoms with van der Waals surface area (Å²) < 4.78 is 11.9. The van der Waals surface area contributed by atoms with E-state index in [9.17, 15) is 4.79 Å². The van der Waals surface area contributed by atoms with E-state index in [4.69, 9.17) is 9.47 Å². The van der Waals surface area contributed by atoms with Gasteiger partial charge in [0.05, 0.1) is 13.2 Å². The molecule has 5 saturated carbocycles. The third kappa shape index (κ3) is 3.19. The molecular weight excluding hydrogens is 382 g/mol. The largest absolute Gasteiger partial charge is 0.353 e. The van der Waals surface area contributed by atoms with Gasteiger partial charge in [-0.25, -0.2) is 0 Å². The number of ether oxygens (including phenoxy) is 2. The van der Waals surface area contributed by atoms with Gasteiger partial charge in [-0.3, -0.25) is 4.79 Å². The summed E-state index contributed by atoms with van der Waals surface area (Å²) >= 11 is 4.06. The highest BCUT2D eigenvalue weighted by molar-refractivity contribution is 9.10. The first-order valence-corrected chi connectivity index (χ1v) is 11.0. The molecule has 5 heteroatoms. The van der Waals surface area contributed by atoms with Gasteiger partial charge in [0, 0.05) is 29.6 Å². The number of hydrogen-bond acceptors (Lipinski definition) is 3. The molecule has 140 valence electrons. The van der Waals surface area contributed by atoms with Crippen molar-refractivity contribution in [3.8, 4) is 0 Å². The van der Waals surface area contributed by atoms with Crippen LogP contribution in [-0.2, 0) is 14.3 Å². The number of carbonyl (C=O) groups is 1. The second kappa shape index (κ2) is 5.93. The van der Waals surface area contributed by atoms with Crippen LogP contribution in [0, 0.1) is 17.3 Å². The summed E-state index contributed by atoms with van der Waals surface area (Å²) in [6.45, 7) is 1.44. The second-order valence-electron chi connectivity index (χ2n) is 9.74. The number of amides is 1. The van der Waals surface area contributed by atoms with Gasteiger partial charge in [-0.15, -0.1) is 0 Å². The Balaban J connectivity index is 1.18. The SMILES string of the molecule is O=C(CC12CC3CC(CC(Br)(C3)C1)C2)NC1CCC2(CC1)OCCO2. The molecule has 1 spiro atoms. The second-order valence-corrected chi connectivity index (χ2v) is 11.4. The predicted octanol–water partition coefficient (Wildman–Crippen LogP) is 3.91. The third-order valence-electron chi connectivity index (χ3n) is 7.57. The molecule has 2 unspecified atom stereocenters. The highest BCUT2D eigenvalue weighted by Crippen LogP contribution is 2.65. The highest BCUT2D eigenvalue weighted by atomic mass is 79.9. The summed E-state index contributed by atoms with van der Waals surface area (Å²) in [5, 5.41) is 3.35. The lowest BCUT2D eigenvalue weighted by molar-refractivity contribution is -0.180. The van der Waals surface area contributed by atoms with E-state index in [1.807, 2.05) is 0 Å². The van der Waals surface area contributed by atoms with Crippen molar-refractivity contribution < 1.29 is 14.3 Å². The summed E-state index contributed by atoms with van der Waals surface area (Å²) in [5.41, 5.74) is 0.269. The van der Waals surface area contributed by atoms with E-state index < -0.39 is 0 Å². The van der Waals surface area contributed by atoms with Crippen molar-refractivity contribution >= 4 is 21.8 Å². The van der Waals surface area contributed by atoms with E-state index in [2.05, 4.69) is 21.2 Å². The van der Waals surface area contributed by atoms with Crippen LogP contribution in [0.2, 0.25) is 0 Å². The van der Waals surface area contributed by atoms with Crippen LogP contribution in [0.15, 0.2) is 0 Å². The molecule has 1 saturated heterocycles. The smallest absolute Gasteiger partial charge is 0.220 e. The van der Waals surface area contributed by atoms with Gasteiger partial charge in [-0.05, 0) is 68.6 Å². The molecule has 2 atom stereocenters. The summed E-state index contributed by atoms with van der Waals surface area (Å²) in [5.74, 6) is 1.65. The van der Waals surface area contributed by atoms with Gasteiger partial charge in [0.15, 0.2) is 5.79 Å². The fraction of sp³-hybridized carbons (Fsp3) is 0.950. The molecule has 1 N–H and O–H groups in total. The summed E-state index contributed by atoms with van der Waals surface area (Å²) in [6.07, 6.45) is 12.3. The lowest BCUT2D eigenvalue weighted by Crippen LogP contribution is -2.54. The lowest BCUT2D eigenvalue weighted by atomic mass is 9.48. The zero-order valence-corrected chi connectivity index (χ0v) is 16.6. The quantitative estimate of drug-likeness (QED) is 0.715. The Hall–Kier alpha value is -0.130. The Morgan fingerprint density at radius 1 is 1.04 bits per heavy atom. The molecule has 1 heterocycles. The first-order chi connectivity index (χ1) is 12.0. The van der Waals surface area contributed by atoms with Crippen molar-refractivity contribution in [1.29, 1.82) is 0 Å². The molecule has 0 aromatic carbocycles. The van der Waals surface area contributed by atoms with Crippen molar-refractivity contribution in [3.63, 3.8) is 0 Å². The van der Waals surface area contributed by atoms with Crippen molar-refractivity contribution in [2.75, 3.05) is 13.2 Å². The first kappa shape index (κ1) is 17.0. The molecule has 6 fully saturated rings. The van der Waals surface area contributed by atoms with Crippen LogP contribution in [0.4, 0.5) is 0 Å². The molecule has 1 aliphatic heterocycles. The van der Waals surface area contributed by atoms with E-state index in [0.29, 0.717) is 10.4 Å². The molecule has 0 aromatic heterocycles. The Labute approximate surface area is 158 Å². The normalized spacial score (nSPS) is 45.2. The number of nitrogens with one attached hydrogen (secondary N) is 1. The van der Waals surface area contributed by atoms with Crippen LogP contribution in [0.5, 0.6) is 0 Å². The van der Waals surface area contributed by atoms with Crippen molar-refractivity contribution in [2.45, 2.75) is 86.8 Å². The van der Waals surface area contributed by atoms with Crippen LogP contribution in [0.1, 0.15) is 70.6 Å². The Morgan fingerprint density at radius 3 is 2.28 bits per heavy atom. The summed E-state index contributed by atoms with van der Waals surface area (Å²) in [4.78, 5) is 12.8. The van der Waals surface area contributed by atoms with Gasteiger partial charge >= 0.3 is 0 Å². The standard InChI is InChI=1S/C20H30BrNO3/c21-19-10-14-7-15(11-19)9-18(8-14,13-19)12-17(23)22-16-1-3-20(4-2-16)24-5-6-25-20/h14-16H,1-13H2,(H,22,23). The fourth-order valence-corrected chi connectivity index (χ4v) is 8.66. The predicted molar refractivity (Wildman–Crippen MR) is 98.4 cm³/mol. The minimum atomic E-state index is -0.330. The van der Waals surface area contributed by atoms with Crippen molar-refractivity contribution in [2.24, 2.45) is 17.3 Å². The number of halogens is 1. The Kier molecular flexibility index (Phi) is 4.04. The van der Waals surface area contributed by atoms with Crippen LogP contribution >= 0.6 is 15.9 Å². The van der Waals surface area contributed by atoms with Gasteiger partial charge in [-0.2, -0.15) is 0 Å². The number of rotatable bonds is 3. The number of hydrogen-bond donors (Lipinski definition) is 1. The molecular formula is C20H30BrNO3. The maximum Gasteiger partial charge on any atom is 0.220 e. The average molecular weight is 412 g/mol. The van der Waals surface area contributed by atoms with Crippen LogP contribution < -0.4 is 5.32 Å². The van der Waals surface area contributed by atoms with Crippen molar-refractivity contribution in [3.05, 3.63) is 0 Å². The van der Waals surface area contributed by atoms with Gasteiger partial charge < -0.3 is 14.8 Å². The minimum Gasteiger partial charge on any atom is -0.353 e. The topological polar surface area (TPSA) is 47.6 Å². The van der Waals surface area contributed by atoms with Crippen molar-refractivity contribution in [1.82, 2.24) is 5.32 Å². The lowest BCUT2D eigenvalue weighted by Gasteiger charge is -2.60. The first-order valence-electron chi connectivity index (χ1n) is 10.2. The van der Waals surface area contributed by atoms with E-state index >= 15 is 0 Å². The van der Waals surface area contributed by atoms with Crippen LogP contribution in [0.25, 0.3) is 0 Å². The van der Waals surface area contributed by atoms with Gasteiger partial charge in [-0.1, -0.05) is 15.9 Å². The maximum absolute atomic E-state index is 12.8. The number of alkyl halides is 1. The van der Waals surface area contributed by atoms with E-state index in [1.54, 1.807) is 0 Å².